The second kappa shape index (κ2) is 7.97. The fourth-order valence-electron chi connectivity index (χ4n) is 2.07. The molecule has 0 aromatic heterocycles. The van der Waals surface area contributed by atoms with Gasteiger partial charge in [0.15, 0.2) is 0 Å². The van der Waals surface area contributed by atoms with Crippen LogP contribution in [-0.4, -0.2) is 29.7 Å². The first-order chi connectivity index (χ1) is 11.7. The Kier molecular flexibility index (Phi) is 6.68. The summed E-state index contributed by atoms with van der Waals surface area (Å²) >= 11 is 0. The molecule has 0 bridgehead atoms. The predicted molar refractivity (Wildman–Crippen MR) is 91.6 cm³/mol. The van der Waals surface area contributed by atoms with Crippen LogP contribution in [0.2, 0.25) is 0 Å². The topological polar surface area (TPSA) is 67.4 Å². The molecule has 1 aromatic rings. The minimum atomic E-state index is -4.41. The Morgan fingerprint density at radius 2 is 1.54 bits per heavy atom. The highest BCUT2D eigenvalue weighted by Gasteiger charge is 2.30. The summed E-state index contributed by atoms with van der Waals surface area (Å²) in [6, 6.07) is 4.43. The van der Waals surface area contributed by atoms with Crippen LogP contribution < -0.4 is 10.6 Å². The molecule has 0 saturated carbocycles. The number of carbonyl (C=O) groups is 2. The van der Waals surface area contributed by atoms with Crippen molar-refractivity contribution in [1.29, 1.82) is 0 Å². The second-order valence-corrected chi connectivity index (χ2v) is 7.66. The molecule has 0 fully saturated rings. The van der Waals surface area contributed by atoms with E-state index in [0.29, 0.717) is 5.56 Å². The van der Waals surface area contributed by atoms with E-state index in [1.54, 1.807) is 34.6 Å². The van der Waals surface area contributed by atoms with Gasteiger partial charge in [-0.3, -0.25) is 4.79 Å². The van der Waals surface area contributed by atoms with Gasteiger partial charge in [0, 0.05) is 6.54 Å². The molecule has 0 saturated heterocycles. The van der Waals surface area contributed by atoms with Crippen LogP contribution in [0.25, 0.3) is 0 Å². The first kappa shape index (κ1) is 21.8. The summed E-state index contributed by atoms with van der Waals surface area (Å²) in [5.41, 5.74) is -1.67. The Labute approximate surface area is 151 Å². The van der Waals surface area contributed by atoms with E-state index in [9.17, 15) is 22.8 Å². The third-order valence-electron chi connectivity index (χ3n) is 3.20. The van der Waals surface area contributed by atoms with Crippen LogP contribution in [0.4, 0.5) is 18.0 Å². The molecule has 0 atom stereocenters. The fraction of sp³-hybridized carbons (Fsp3) is 0.556. The molecule has 0 aliphatic rings. The highest BCUT2D eigenvalue weighted by atomic mass is 19.4. The molecule has 26 heavy (non-hydrogen) atoms. The lowest BCUT2D eigenvalue weighted by atomic mass is 10.0. The number of rotatable bonds is 5. The average Bonchev–Trinajstić information content (AvgIpc) is 2.42. The van der Waals surface area contributed by atoms with Gasteiger partial charge in [-0.25, -0.2) is 4.79 Å². The minimum absolute atomic E-state index is 0.0615. The van der Waals surface area contributed by atoms with Crippen LogP contribution in [0.3, 0.4) is 0 Å². The normalized spacial score (nSPS) is 12.5. The molecule has 2 amide bonds. The van der Waals surface area contributed by atoms with Crippen molar-refractivity contribution < 1.29 is 27.5 Å². The van der Waals surface area contributed by atoms with Crippen molar-refractivity contribution in [2.45, 2.75) is 58.4 Å². The SMILES string of the molecule is CC(C)(CNC(=O)OC(C)(C)C)NC(=O)Cc1ccc(C(F)(F)F)cc1. The molecule has 5 nitrogen and oxygen atoms in total. The van der Waals surface area contributed by atoms with Gasteiger partial charge in [0.25, 0.3) is 0 Å². The van der Waals surface area contributed by atoms with E-state index in [4.69, 9.17) is 4.74 Å². The number of ether oxygens (including phenoxy) is 1. The summed E-state index contributed by atoms with van der Waals surface area (Å²) in [4.78, 5) is 23.8. The van der Waals surface area contributed by atoms with Gasteiger partial charge < -0.3 is 15.4 Å². The Morgan fingerprint density at radius 1 is 1.00 bits per heavy atom. The van der Waals surface area contributed by atoms with Gasteiger partial charge in [0.05, 0.1) is 17.5 Å². The van der Waals surface area contributed by atoms with Crippen LogP contribution in [0.5, 0.6) is 0 Å². The maximum Gasteiger partial charge on any atom is 0.416 e. The highest BCUT2D eigenvalue weighted by molar-refractivity contribution is 5.79. The molecule has 0 unspecified atom stereocenters. The number of alkyl halides is 3. The lowest BCUT2D eigenvalue weighted by Gasteiger charge is -2.28. The summed E-state index contributed by atoms with van der Waals surface area (Å²) in [5, 5.41) is 5.31. The van der Waals surface area contributed by atoms with Gasteiger partial charge >= 0.3 is 12.3 Å². The minimum Gasteiger partial charge on any atom is -0.444 e. The zero-order chi connectivity index (χ0) is 20.2. The van der Waals surface area contributed by atoms with Crippen molar-refractivity contribution in [3.05, 3.63) is 35.4 Å². The Hall–Kier alpha value is -2.25. The van der Waals surface area contributed by atoms with Crippen LogP contribution in [0.1, 0.15) is 45.7 Å². The summed E-state index contributed by atoms with van der Waals surface area (Å²) < 4.78 is 42.7. The van der Waals surface area contributed by atoms with E-state index in [0.717, 1.165) is 12.1 Å². The quantitative estimate of drug-likeness (QED) is 0.826. The number of amides is 2. The molecule has 0 aliphatic carbocycles. The van der Waals surface area contributed by atoms with Crippen LogP contribution in [-0.2, 0) is 22.1 Å². The van der Waals surface area contributed by atoms with Crippen molar-refractivity contribution in [3.8, 4) is 0 Å². The molecule has 2 N–H and O–H groups in total. The molecule has 0 radical (unpaired) electrons. The van der Waals surface area contributed by atoms with Crippen molar-refractivity contribution >= 4 is 12.0 Å². The van der Waals surface area contributed by atoms with E-state index in [-0.39, 0.29) is 18.9 Å². The summed E-state index contributed by atoms with van der Waals surface area (Å²) in [5.74, 6) is -0.360. The maximum absolute atomic E-state index is 12.5. The van der Waals surface area contributed by atoms with Gasteiger partial charge in [0.1, 0.15) is 5.60 Å². The largest absolute Gasteiger partial charge is 0.444 e. The number of hydrogen-bond donors (Lipinski definition) is 2. The van der Waals surface area contributed by atoms with Gasteiger partial charge in [-0.05, 0) is 52.3 Å². The zero-order valence-electron chi connectivity index (χ0n) is 15.6. The lowest BCUT2D eigenvalue weighted by molar-refractivity contribution is -0.137. The van der Waals surface area contributed by atoms with E-state index < -0.39 is 29.0 Å². The Morgan fingerprint density at radius 3 is 2.00 bits per heavy atom. The van der Waals surface area contributed by atoms with E-state index in [2.05, 4.69) is 10.6 Å². The standard InChI is InChI=1S/C18H25F3N2O3/c1-16(2,3)26-15(25)22-11-17(4,5)23-14(24)10-12-6-8-13(9-7-12)18(19,20)21/h6-9H,10-11H2,1-5H3,(H,22,25)(H,23,24). The molecular formula is C18H25F3N2O3. The van der Waals surface area contributed by atoms with E-state index in [1.807, 2.05) is 0 Å². The molecule has 8 heteroatoms. The zero-order valence-corrected chi connectivity index (χ0v) is 15.6. The monoisotopic (exact) mass is 374 g/mol. The van der Waals surface area contributed by atoms with Gasteiger partial charge in [-0.1, -0.05) is 12.1 Å². The predicted octanol–water partition coefficient (Wildman–Crippen LogP) is 3.67. The maximum atomic E-state index is 12.5. The fourth-order valence-corrected chi connectivity index (χ4v) is 2.07. The van der Waals surface area contributed by atoms with Crippen LogP contribution in [0.15, 0.2) is 24.3 Å². The van der Waals surface area contributed by atoms with Crippen molar-refractivity contribution in [3.63, 3.8) is 0 Å². The number of hydrogen-bond acceptors (Lipinski definition) is 3. The van der Waals surface area contributed by atoms with Gasteiger partial charge in [-0.15, -0.1) is 0 Å². The van der Waals surface area contributed by atoms with E-state index in [1.165, 1.54) is 12.1 Å². The molecule has 0 heterocycles. The number of benzene rings is 1. The van der Waals surface area contributed by atoms with Crippen molar-refractivity contribution in [1.82, 2.24) is 10.6 Å². The van der Waals surface area contributed by atoms with E-state index >= 15 is 0 Å². The number of nitrogens with one attached hydrogen (secondary N) is 2. The molecular weight excluding hydrogens is 349 g/mol. The first-order valence-corrected chi connectivity index (χ1v) is 8.12. The lowest BCUT2D eigenvalue weighted by Crippen LogP contribution is -2.52. The summed E-state index contributed by atoms with van der Waals surface area (Å²) in [6.07, 6.45) is -5.06. The van der Waals surface area contributed by atoms with Gasteiger partial charge in [-0.2, -0.15) is 13.2 Å². The molecule has 1 rings (SSSR count). The smallest absolute Gasteiger partial charge is 0.416 e. The number of alkyl carbamates (subject to hydrolysis) is 1. The average molecular weight is 374 g/mol. The summed E-state index contributed by atoms with van der Waals surface area (Å²) in [6.45, 7) is 8.79. The third kappa shape index (κ3) is 8.22. The summed E-state index contributed by atoms with van der Waals surface area (Å²) in [7, 11) is 0. The van der Waals surface area contributed by atoms with Crippen molar-refractivity contribution in [2.24, 2.45) is 0 Å². The molecule has 0 spiro atoms. The number of carbonyl (C=O) groups excluding carboxylic acids is 2. The Balaban J connectivity index is 2.54. The Bertz CT molecular complexity index is 633. The highest BCUT2D eigenvalue weighted by Crippen LogP contribution is 2.29. The second-order valence-electron chi connectivity index (χ2n) is 7.66. The first-order valence-electron chi connectivity index (χ1n) is 8.12. The molecule has 146 valence electrons. The molecule has 0 aliphatic heterocycles. The van der Waals surface area contributed by atoms with Crippen LogP contribution in [0, 0.1) is 0 Å². The van der Waals surface area contributed by atoms with Gasteiger partial charge in [0.2, 0.25) is 5.91 Å². The van der Waals surface area contributed by atoms with Crippen LogP contribution >= 0.6 is 0 Å². The third-order valence-corrected chi connectivity index (χ3v) is 3.20. The number of halogens is 3. The van der Waals surface area contributed by atoms with Crippen molar-refractivity contribution in [2.75, 3.05) is 6.54 Å². The molecule has 1 aromatic carbocycles.